The Morgan fingerprint density at radius 1 is 1.03 bits per heavy atom. The second kappa shape index (κ2) is 10.7. The maximum absolute atomic E-state index is 12.7. The summed E-state index contributed by atoms with van der Waals surface area (Å²) in [6, 6.07) is 13.9. The van der Waals surface area contributed by atoms with Crippen molar-refractivity contribution in [3.63, 3.8) is 0 Å². The molecule has 38 heavy (non-hydrogen) atoms. The quantitative estimate of drug-likeness (QED) is 0.302. The number of nitrogens with one attached hydrogen (secondary N) is 1. The molecule has 4 heterocycles. The lowest BCUT2D eigenvalue weighted by Crippen LogP contribution is -2.33. The Morgan fingerprint density at radius 3 is 2.63 bits per heavy atom. The summed E-state index contributed by atoms with van der Waals surface area (Å²) in [5.74, 6) is -0.0268. The lowest BCUT2D eigenvalue weighted by atomic mass is 10.0. The molecule has 2 amide bonds. The van der Waals surface area contributed by atoms with Crippen molar-refractivity contribution >= 4 is 38.5 Å². The maximum atomic E-state index is 12.7. The zero-order chi connectivity index (χ0) is 26.1. The van der Waals surface area contributed by atoms with Crippen LogP contribution < -0.4 is 5.32 Å². The van der Waals surface area contributed by atoms with E-state index >= 15 is 0 Å². The molecule has 2 N–H and O–H groups in total. The average molecular weight is 532 g/mol. The second-order valence-corrected chi connectivity index (χ2v) is 11.3. The first-order valence-corrected chi connectivity index (χ1v) is 14.4. The Morgan fingerprint density at radius 2 is 1.84 bits per heavy atom. The molecule has 0 saturated carbocycles. The van der Waals surface area contributed by atoms with Gasteiger partial charge in [-0.3, -0.25) is 9.20 Å². The highest BCUT2D eigenvalue weighted by Crippen LogP contribution is 2.34. The minimum atomic E-state index is -0.855. The molecular weight excluding hydrogens is 498 g/mol. The van der Waals surface area contributed by atoms with Crippen LogP contribution in [0.1, 0.15) is 60.5 Å². The van der Waals surface area contributed by atoms with E-state index in [0.717, 1.165) is 57.8 Å². The molecule has 1 atom stereocenters. The van der Waals surface area contributed by atoms with Crippen molar-refractivity contribution < 1.29 is 14.7 Å². The van der Waals surface area contributed by atoms with Gasteiger partial charge in [0.2, 0.25) is 0 Å². The smallest absolute Gasteiger partial charge is 0.407 e. The summed E-state index contributed by atoms with van der Waals surface area (Å²) in [5.41, 5.74) is 4.61. The molecule has 0 aliphatic carbocycles. The molecule has 0 radical (unpaired) electrons. The lowest BCUT2D eigenvalue weighted by molar-refractivity contribution is 0.0951. The second-order valence-electron chi connectivity index (χ2n) is 10.3. The predicted molar refractivity (Wildman–Crippen MR) is 150 cm³/mol. The highest BCUT2D eigenvalue weighted by molar-refractivity contribution is 7.23. The van der Waals surface area contributed by atoms with Gasteiger partial charge in [-0.15, -0.1) is 0 Å². The Balaban J connectivity index is 1.12. The molecule has 6 rings (SSSR count). The van der Waals surface area contributed by atoms with Gasteiger partial charge in [-0.05, 0) is 75.5 Å². The number of carboxylic acid groups (broad SMARTS) is 1. The number of rotatable bonds is 7. The first-order valence-electron chi connectivity index (χ1n) is 13.6. The number of thiazole rings is 1. The van der Waals surface area contributed by atoms with Crippen LogP contribution in [0.2, 0.25) is 0 Å². The highest BCUT2D eigenvalue weighted by Gasteiger charge is 2.29. The molecule has 9 heteroatoms. The number of benzene rings is 2. The van der Waals surface area contributed by atoms with Crippen LogP contribution in [0.5, 0.6) is 0 Å². The van der Waals surface area contributed by atoms with Gasteiger partial charge >= 0.3 is 6.09 Å². The van der Waals surface area contributed by atoms with E-state index in [9.17, 15) is 14.7 Å². The predicted octanol–water partition coefficient (Wildman–Crippen LogP) is 5.64. The number of carbonyl (C=O) groups is 2. The lowest BCUT2D eigenvalue weighted by Gasteiger charge is -2.26. The van der Waals surface area contributed by atoms with Crippen LogP contribution in [0.15, 0.2) is 48.7 Å². The fraction of sp³-hybridized carbons (Fsp3) is 0.414. The summed E-state index contributed by atoms with van der Waals surface area (Å²) in [6.45, 7) is 4.70. The molecule has 198 valence electrons. The summed E-state index contributed by atoms with van der Waals surface area (Å²) in [7, 11) is 0. The number of aromatic nitrogens is 2. The average Bonchev–Trinajstić information content (AvgIpc) is 3.66. The number of nitrogens with zero attached hydrogens (tertiary/aromatic N) is 4. The molecule has 2 aromatic carbocycles. The molecule has 0 bridgehead atoms. The zero-order valence-electron chi connectivity index (χ0n) is 21.4. The molecule has 2 aliphatic rings. The molecule has 2 aliphatic heterocycles. The molecule has 2 saturated heterocycles. The van der Waals surface area contributed by atoms with Gasteiger partial charge in [0.25, 0.3) is 5.91 Å². The molecule has 1 unspecified atom stereocenters. The minimum absolute atomic E-state index is 0.0268. The van der Waals surface area contributed by atoms with E-state index in [0.29, 0.717) is 18.7 Å². The Bertz CT molecular complexity index is 1450. The van der Waals surface area contributed by atoms with E-state index in [1.54, 1.807) is 11.3 Å². The van der Waals surface area contributed by atoms with E-state index in [1.807, 2.05) is 48.7 Å². The van der Waals surface area contributed by atoms with Crippen molar-refractivity contribution in [2.24, 2.45) is 0 Å². The van der Waals surface area contributed by atoms with Crippen LogP contribution in [-0.4, -0.2) is 69.0 Å². The number of carbonyl (C=O) groups excluding carboxylic acids is 1. The van der Waals surface area contributed by atoms with Gasteiger partial charge in [0, 0.05) is 30.4 Å². The Labute approximate surface area is 225 Å². The van der Waals surface area contributed by atoms with Crippen LogP contribution in [0.4, 0.5) is 4.79 Å². The van der Waals surface area contributed by atoms with Crippen molar-refractivity contribution in [1.82, 2.24) is 24.5 Å². The van der Waals surface area contributed by atoms with Crippen LogP contribution in [0, 0.1) is 0 Å². The fourth-order valence-electron chi connectivity index (χ4n) is 5.79. The van der Waals surface area contributed by atoms with Crippen LogP contribution in [-0.2, 0) is 0 Å². The molecule has 2 aromatic heterocycles. The van der Waals surface area contributed by atoms with Gasteiger partial charge in [-0.25, -0.2) is 9.78 Å². The van der Waals surface area contributed by atoms with Crippen molar-refractivity contribution in [3.05, 3.63) is 59.8 Å². The van der Waals surface area contributed by atoms with E-state index < -0.39 is 6.09 Å². The third-order valence-corrected chi connectivity index (χ3v) is 8.85. The number of fused-ring (bicyclic) bond motifs is 3. The largest absolute Gasteiger partial charge is 0.465 e. The molecule has 2 fully saturated rings. The standard InChI is InChI=1S/C29H33N5O3S/c35-27(30-13-5-16-32-14-2-1-3-15-32)22-11-12-25-26(18-22)38-28-31-23(19-34(25)28)20-7-9-21(10-8-20)24-6-4-17-33(24)29(36)37/h7-12,18-19,24H,1-6,13-17H2,(H,30,35)(H,36,37). The summed E-state index contributed by atoms with van der Waals surface area (Å²) in [4.78, 5) is 34.0. The van der Waals surface area contributed by atoms with Crippen LogP contribution in [0.3, 0.4) is 0 Å². The molecule has 4 aromatic rings. The SMILES string of the molecule is O=C(NCCCN1CCCCC1)c1ccc2c(c1)sc1nc(-c3ccc(C4CCCN4C(=O)O)cc3)cn12. The number of amides is 2. The molecular formula is C29H33N5O3S. The number of imidazole rings is 1. The van der Waals surface area contributed by atoms with Gasteiger partial charge < -0.3 is 20.2 Å². The zero-order valence-corrected chi connectivity index (χ0v) is 22.3. The maximum Gasteiger partial charge on any atom is 0.407 e. The molecule has 8 nitrogen and oxygen atoms in total. The summed E-state index contributed by atoms with van der Waals surface area (Å²) >= 11 is 1.58. The van der Waals surface area contributed by atoms with Gasteiger partial charge in [0.15, 0.2) is 4.96 Å². The third-order valence-electron chi connectivity index (χ3n) is 7.83. The van der Waals surface area contributed by atoms with E-state index in [-0.39, 0.29) is 11.9 Å². The Hall–Kier alpha value is -3.43. The number of hydrogen-bond acceptors (Lipinski definition) is 5. The minimum Gasteiger partial charge on any atom is -0.465 e. The van der Waals surface area contributed by atoms with E-state index in [1.165, 1.54) is 37.3 Å². The van der Waals surface area contributed by atoms with E-state index in [2.05, 4.69) is 14.6 Å². The summed E-state index contributed by atoms with van der Waals surface area (Å²) in [5, 5.41) is 12.5. The fourth-order valence-corrected chi connectivity index (χ4v) is 6.84. The Kier molecular flexibility index (Phi) is 7.04. The van der Waals surface area contributed by atoms with Crippen LogP contribution >= 0.6 is 11.3 Å². The summed E-state index contributed by atoms with van der Waals surface area (Å²) < 4.78 is 3.11. The van der Waals surface area contributed by atoms with Gasteiger partial charge in [-0.2, -0.15) is 0 Å². The van der Waals surface area contributed by atoms with E-state index in [4.69, 9.17) is 4.98 Å². The van der Waals surface area contributed by atoms with Crippen molar-refractivity contribution in [2.45, 2.75) is 44.6 Å². The van der Waals surface area contributed by atoms with Crippen molar-refractivity contribution in [3.8, 4) is 11.3 Å². The number of hydrogen-bond donors (Lipinski definition) is 2. The van der Waals surface area contributed by atoms with Gasteiger partial charge in [-0.1, -0.05) is 42.0 Å². The first kappa shape index (κ1) is 24.9. The van der Waals surface area contributed by atoms with Gasteiger partial charge in [0.05, 0.1) is 22.0 Å². The highest BCUT2D eigenvalue weighted by atomic mass is 32.1. The van der Waals surface area contributed by atoms with Crippen LogP contribution in [0.25, 0.3) is 26.4 Å². The number of piperidine rings is 1. The normalized spacial score (nSPS) is 18.4. The topological polar surface area (TPSA) is 90.2 Å². The first-order chi connectivity index (χ1) is 18.6. The van der Waals surface area contributed by atoms with Crippen molar-refractivity contribution in [1.29, 1.82) is 0 Å². The summed E-state index contributed by atoms with van der Waals surface area (Å²) in [6.07, 6.45) is 7.82. The third kappa shape index (κ3) is 5.00. The number of likely N-dealkylation sites (tertiary alicyclic amines) is 2. The monoisotopic (exact) mass is 531 g/mol. The van der Waals surface area contributed by atoms with Crippen molar-refractivity contribution in [2.75, 3.05) is 32.7 Å². The van der Waals surface area contributed by atoms with Gasteiger partial charge in [0.1, 0.15) is 0 Å². The molecule has 0 spiro atoms.